The minimum atomic E-state index is -0.940. The van der Waals surface area contributed by atoms with E-state index >= 15 is 0 Å². The lowest BCUT2D eigenvalue weighted by atomic mass is 10.1. The minimum absolute atomic E-state index is 0.134. The van der Waals surface area contributed by atoms with Crippen LogP contribution in [0.25, 0.3) is 10.8 Å². The van der Waals surface area contributed by atoms with Gasteiger partial charge in [0.2, 0.25) is 0 Å². The van der Waals surface area contributed by atoms with Gasteiger partial charge in [-0.15, -0.1) is 0 Å². The van der Waals surface area contributed by atoms with Gasteiger partial charge in [0.25, 0.3) is 5.56 Å². The van der Waals surface area contributed by atoms with Gasteiger partial charge in [0, 0.05) is 11.6 Å². The van der Waals surface area contributed by atoms with Crippen LogP contribution in [0.15, 0.2) is 41.3 Å². The van der Waals surface area contributed by atoms with Gasteiger partial charge in [-0.1, -0.05) is 18.2 Å². The monoisotopic (exact) mass is 215 g/mol. The lowest BCUT2D eigenvalue weighted by molar-refractivity contribution is -0.136. The molecule has 4 heteroatoms. The number of carboxylic acids is 1. The van der Waals surface area contributed by atoms with Crippen molar-refractivity contribution in [2.75, 3.05) is 0 Å². The molecule has 0 saturated carbocycles. The van der Waals surface area contributed by atoms with Crippen LogP contribution in [0.5, 0.6) is 0 Å². The number of aliphatic carboxylic acids is 1. The molecule has 0 spiro atoms. The molecule has 0 bridgehead atoms. The van der Waals surface area contributed by atoms with E-state index < -0.39 is 5.97 Å². The zero-order valence-corrected chi connectivity index (χ0v) is 8.38. The highest BCUT2D eigenvalue weighted by atomic mass is 16.4. The summed E-state index contributed by atoms with van der Waals surface area (Å²) in [6, 6.07) is 8.67. The van der Waals surface area contributed by atoms with E-state index in [1.54, 1.807) is 30.3 Å². The number of rotatable bonds is 2. The third-order valence-electron chi connectivity index (χ3n) is 2.24. The fourth-order valence-electron chi connectivity index (χ4n) is 1.54. The highest BCUT2D eigenvalue weighted by Gasteiger charge is 2.02. The molecule has 0 aliphatic carbocycles. The summed E-state index contributed by atoms with van der Waals surface area (Å²) in [5, 5.41) is 9.89. The minimum Gasteiger partial charge on any atom is -0.481 e. The van der Waals surface area contributed by atoms with Gasteiger partial charge >= 0.3 is 5.97 Å². The quantitative estimate of drug-likeness (QED) is 0.817. The van der Waals surface area contributed by atoms with E-state index in [2.05, 4.69) is 4.98 Å². The first-order valence-electron chi connectivity index (χ1n) is 4.76. The Morgan fingerprint density at radius 1 is 1.31 bits per heavy atom. The smallest absolute Gasteiger partial charge is 0.307 e. The predicted molar refractivity (Wildman–Crippen MR) is 59.4 cm³/mol. The van der Waals surface area contributed by atoms with Crippen molar-refractivity contribution in [3.63, 3.8) is 0 Å². The molecule has 0 saturated heterocycles. The molecule has 0 aliphatic heterocycles. The van der Waals surface area contributed by atoms with Crippen molar-refractivity contribution < 1.29 is 9.90 Å². The number of carboxylic acid groups (broad SMARTS) is 1. The Hall–Kier alpha value is -2.23. The molecule has 4 nitrogen and oxygen atoms in total. The summed E-state index contributed by atoms with van der Waals surface area (Å²) in [6.45, 7) is 0. The van der Waals surface area contributed by atoms with Crippen LogP contribution in [0.1, 0.15) is 5.56 Å². The summed E-state index contributed by atoms with van der Waals surface area (Å²) in [5.41, 5.74) is 0.179. The van der Waals surface area contributed by atoms with Crippen LogP contribution in [-0.4, -0.2) is 16.1 Å². The van der Waals surface area contributed by atoms with E-state index in [0.717, 1.165) is 0 Å². The Morgan fingerprint density at radius 3 is 2.81 bits per heavy atom. The van der Waals surface area contributed by atoms with E-state index in [4.69, 9.17) is 5.11 Å². The van der Waals surface area contributed by atoms with E-state index in [1.165, 1.54) is 6.20 Å². The molecular weight excluding hydrogens is 206 g/mol. The average molecular weight is 215 g/mol. The van der Waals surface area contributed by atoms with Crippen LogP contribution < -0.4 is 5.56 Å². The van der Waals surface area contributed by atoms with Gasteiger partial charge in [-0.2, -0.15) is 0 Å². The molecule has 16 heavy (non-hydrogen) atoms. The van der Waals surface area contributed by atoms with Crippen molar-refractivity contribution in [2.45, 2.75) is 6.42 Å². The fraction of sp³-hybridized carbons (Fsp3) is 0.0833. The van der Waals surface area contributed by atoms with Crippen molar-refractivity contribution in [2.24, 2.45) is 0 Å². The zero-order valence-electron chi connectivity index (χ0n) is 8.38. The third kappa shape index (κ3) is 2.06. The molecule has 0 radical (unpaired) electrons. The summed E-state index contributed by atoms with van der Waals surface area (Å²) >= 11 is 0. The van der Waals surface area contributed by atoms with E-state index in [0.29, 0.717) is 16.3 Å². The number of benzene rings is 1. The maximum atomic E-state index is 11.6. The lowest BCUT2D eigenvalue weighted by Gasteiger charge is -1.91. The number of aromatic nitrogens is 1. The molecule has 0 fully saturated rings. The third-order valence-corrected chi connectivity index (χ3v) is 2.24. The molecule has 0 unspecified atom stereocenters. The number of fused-ring (bicyclic) bond motifs is 1. The molecular formula is C12H9NO3. The zero-order chi connectivity index (χ0) is 11.5. The molecule has 2 aromatic rings. The Labute approximate surface area is 91.2 Å². The number of hydrogen-bond donors (Lipinski definition) is 1. The molecule has 1 N–H and O–H groups in total. The largest absolute Gasteiger partial charge is 0.481 e. The first-order chi connectivity index (χ1) is 7.66. The first kappa shape index (κ1) is 10.3. The molecule has 80 valence electrons. The first-order valence-corrected chi connectivity index (χ1v) is 4.76. The summed E-state index contributed by atoms with van der Waals surface area (Å²) in [5.74, 6) is -0.940. The van der Waals surface area contributed by atoms with Gasteiger partial charge in [0.15, 0.2) is 0 Å². The van der Waals surface area contributed by atoms with Crippen LogP contribution in [-0.2, 0) is 11.2 Å². The number of carbonyl (C=O) groups is 1. The molecule has 0 aliphatic rings. The number of nitrogens with zero attached hydrogens (tertiary/aromatic N) is 1. The van der Waals surface area contributed by atoms with Crippen LogP contribution >= 0.6 is 0 Å². The van der Waals surface area contributed by atoms with Gasteiger partial charge in [0.1, 0.15) is 0 Å². The summed E-state index contributed by atoms with van der Waals surface area (Å²) in [6.07, 6.45) is 1.18. The Balaban J connectivity index is 2.70. The number of hydrogen-bond acceptors (Lipinski definition) is 3. The molecule has 1 aromatic heterocycles. The van der Waals surface area contributed by atoms with Crippen molar-refractivity contribution in [3.05, 3.63) is 52.4 Å². The summed E-state index contributed by atoms with van der Waals surface area (Å²) in [7, 11) is 0. The predicted octanol–water partition coefficient (Wildman–Crippen LogP) is 1.22. The molecule has 1 heterocycles. The van der Waals surface area contributed by atoms with Crippen LogP contribution in [0.2, 0.25) is 0 Å². The van der Waals surface area contributed by atoms with Gasteiger partial charge in [-0.05, 0) is 23.1 Å². The van der Waals surface area contributed by atoms with Crippen LogP contribution in [0.4, 0.5) is 0 Å². The summed E-state index contributed by atoms with van der Waals surface area (Å²) < 4.78 is 0. The van der Waals surface area contributed by atoms with Gasteiger partial charge in [-0.3, -0.25) is 9.59 Å². The van der Waals surface area contributed by atoms with Crippen LogP contribution in [0.3, 0.4) is 0 Å². The maximum absolute atomic E-state index is 11.6. The van der Waals surface area contributed by atoms with Gasteiger partial charge < -0.3 is 5.11 Å². The molecule has 2 rings (SSSR count). The van der Waals surface area contributed by atoms with Crippen molar-refractivity contribution in [3.8, 4) is 0 Å². The summed E-state index contributed by atoms with van der Waals surface area (Å²) in [4.78, 5) is 25.8. The van der Waals surface area contributed by atoms with Gasteiger partial charge in [-0.25, -0.2) is 4.98 Å². The Morgan fingerprint density at radius 2 is 2.06 bits per heavy atom. The lowest BCUT2D eigenvalue weighted by Crippen LogP contribution is -2.01. The normalized spacial score (nSPS) is 10.2. The second-order valence-electron chi connectivity index (χ2n) is 3.44. The van der Waals surface area contributed by atoms with Crippen LogP contribution in [0, 0.1) is 0 Å². The topological polar surface area (TPSA) is 67.3 Å². The van der Waals surface area contributed by atoms with E-state index in [1.807, 2.05) is 0 Å². The highest BCUT2D eigenvalue weighted by molar-refractivity contribution is 5.82. The molecule has 1 aromatic carbocycles. The maximum Gasteiger partial charge on any atom is 0.307 e. The molecule has 0 atom stereocenters. The van der Waals surface area contributed by atoms with E-state index in [-0.39, 0.29) is 12.0 Å². The van der Waals surface area contributed by atoms with Gasteiger partial charge in [0.05, 0.1) is 6.42 Å². The highest BCUT2D eigenvalue weighted by Crippen LogP contribution is 2.09. The standard InChI is InChI=1S/C12H9NO3/c14-11(15)6-8-5-9-3-1-2-4-10(9)12(16)13-7-8/h1-5,7H,6H2,(H,14,15). The molecule has 0 amide bonds. The second-order valence-corrected chi connectivity index (χ2v) is 3.44. The Bertz CT molecular complexity index is 607. The van der Waals surface area contributed by atoms with E-state index in [9.17, 15) is 9.59 Å². The Kier molecular flexibility index (Phi) is 2.64. The SMILES string of the molecule is O=C(O)Cc1cnc(=O)c2ccccc2c1. The average Bonchev–Trinajstić information content (AvgIpc) is 2.39. The van der Waals surface area contributed by atoms with Crippen molar-refractivity contribution >= 4 is 16.7 Å². The second kappa shape index (κ2) is 4.10. The fourth-order valence-corrected chi connectivity index (χ4v) is 1.54. The van der Waals surface area contributed by atoms with Crippen molar-refractivity contribution in [1.29, 1.82) is 0 Å². The van der Waals surface area contributed by atoms with Crippen molar-refractivity contribution in [1.82, 2.24) is 4.98 Å².